The van der Waals surface area contributed by atoms with E-state index in [4.69, 9.17) is 0 Å². The monoisotopic (exact) mass is 338 g/mol. The molecule has 0 bridgehead atoms. The summed E-state index contributed by atoms with van der Waals surface area (Å²) in [6.07, 6.45) is 1.92. The van der Waals surface area contributed by atoms with E-state index in [9.17, 15) is 14.4 Å². The molecule has 0 saturated carbocycles. The van der Waals surface area contributed by atoms with Gasteiger partial charge in [0.2, 0.25) is 5.91 Å². The lowest BCUT2D eigenvalue weighted by molar-refractivity contribution is -0.125. The fourth-order valence-corrected chi connectivity index (χ4v) is 2.82. The van der Waals surface area contributed by atoms with E-state index in [2.05, 4.69) is 20.9 Å². The summed E-state index contributed by atoms with van der Waals surface area (Å²) in [5.41, 5.74) is 0.178. The first-order chi connectivity index (χ1) is 12.1. The molecule has 128 valence electrons. The Kier molecular flexibility index (Phi) is 4.74. The van der Waals surface area contributed by atoms with Gasteiger partial charge in [0, 0.05) is 12.6 Å². The van der Waals surface area contributed by atoms with Gasteiger partial charge in [0.05, 0.1) is 12.2 Å². The molecule has 2 aromatic rings. The van der Waals surface area contributed by atoms with Crippen molar-refractivity contribution in [2.24, 2.45) is 0 Å². The molecule has 1 unspecified atom stereocenters. The molecule has 1 saturated heterocycles. The highest BCUT2D eigenvalue weighted by Gasteiger charge is 2.47. The second-order valence-corrected chi connectivity index (χ2v) is 5.78. The number of benzene rings is 1. The Morgan fingerprint density at radius 3 is 2.48 bits per heavy atom. The Hall–Kier alpha value is -3.22. The van der Waals surface area contributed by atoms with Crippen molar-refractivity contribution >= 4 is 17.8 Å². The average Bonchev–Trinajstić information content (AvgIpc) is 2.94. The van der Waals surface area contributed by atoms with Gasteiger partial charge in [0.15, 0.2) is 0 Å². The molecule has 0 spiro atoms. The van der Waals surface area contributed by atoms with Crippen LogP contribution in [-0.2, 0) is 21.7 Å². The Morgan fingerprint density at radius 1 is 1.08 bits per heavy atom. The van der Waals surface area contributed by atoms with E-state index in [1.165, 1.54) is 0 Å². The summed E-state index contributed by atoms with van der Waals surface area (Å²) in [4.78, 5) is 40.3. The summed E-state index contributed by atoms with van der Waals surface area (Å²) >= 11 is 0. The predicted octanol–water partition coefficient (Wildman–Crippen LogP) is 1.21. The van der Waals surface area contributed by atoms with Gasteiger partial charge in [0.25, 0.3) is 5.91 Å². The van der Waals surface area contributed by atoms with E-state index in [0.29, 0.717) is 12.1 Å². The third-order valence-electron chi connectivity index (χ3n) is 4.13. The topological polar surface area (TPSA) is 100 Å². The van der Waals surface area contributed by atoms with Crippen LogP contribution in [0.2, 0.25) is 0 Å². The summed E-state index contributed by atoms with van der Waals surface area (Å²) in [6.45, 7) is 0.316. The van der Waals surface area contributed by atoms with Gasteiger partial charge in [0.1, 0.15) is 5.54 Å². The van der Waals surface area contributed by atoms with Crippen LogP contribution in [-0.4, -0.2) is 22.8 Å². The van der Waals surface area contributed by atoms with Gasteiger partial charge in [-0.3, -0.25) is 19.9 Å². The van der Waals surface area contributed by atoms with Crippen molar-refractivity contribution in [2.75, 3.05) is 0 Å². The van der Waals surface area contributed by atoms with Crippen LogP contribution in [0.25, 0.3) is 0 Å². The van der Waals surface area contributed by atoms with Gasteiger partial charge in [-0.1, -0.05) is 36.4 Å². The number of amides is 4. The van der Waals surface area contributed by atoms with Crippen molar-refractivity contribution in [1.29, 1.82) is 0 Å². The molecule has 1 aromatic carbocycles. The second-order valence-electron chi connectivity index (χ2n) is 5.78. The summed E-state index contributed by atoms with van der Waals surface area (Å²) in [7, 11) is 0. The zero-order valence-corrected chi connectivity index (χ0v) is 13.5. The van der Waals surface area contributed by atoms with Crippen LogP contribution in [0.5, 0.6) is 0 Å². The number of carbonyl (C=O) groups excluding carboxylic acids is 3. The van der Waals surface area contributed by atoms with Crippen LogP contribution in [0.1, 0.15) is 24.1 Å². The standard InChI is InChI=1S/C18H18N4O3/c23-15(20-12-14-8-4-5-11-19-14)9-10-18(13-6-2-1-3-7-13)16(24)21-17(25)22-18/h1-8,11H,9-10,12H2,(H,20,23)(H2,21,22,24,25). The number of rotatable bonds is 6. The fraction of sp³-hybridized carbons (Fsp3) is 0.222. The first-order valence-electron chi connectivity index (χ1n) is 7.96. The third-order valence-corrected chi connectivity index (χ3v) is 4.13. The number of urea groups is 1. The number of imide groups is 1. The normalized spacial score (nSPS) is 19.2. The Balaban J connectivity index is 1.66. The van der Waals surface area contributed by atoms with Crippen molar-refractivity contribution in [3.05, 3.63) is 66.0 Å². The zero-order valence-electron chi connectivity index (χ0n) is 13.5. The van der Waals surface area contributed by atoms with Crippen molar-refractivity contribution < 1.29 is 14.4 Å². The third kappa shape index (κ3) is 3.65. The fourth-order valence-electron chi connectivity index (χ4n) is 2.82. The summed E-state index contributed by atoms with van der Waals surface area (Å²) in [5.74, 6) is -0.656. The molecule has 1 aromatic heterocycles. The number of carbonyl (C=O) groups is 3. The van der Waals surface area contributed by atoms with E-state index in [-0.39, 0.29) is 18.7 Å². The van der Waals surface area contributed by atoms with Crippen molar-refractivity contribution in [1.82, 2.24) is 20.9 Å². The highest BCUT2D eigenvalue weighted by Crippen LogP contribution is 2.29. The number of pyridine rings is 1. The predicted molar refractivity (Wildman–Crippen MR) is 90.1 cm³/mol. The minimum absolute atomic E-state index is 0.0927. The van der Waals surface area contributed by atoms with E-state index in [1.807, 2.05) is 18.2 Å². The van der Waals surface area contributed by atoms with Crippen LogP contribution in [0.15, 0.2) is 54.7 Å². The highest BCUT2D eigenvalue weighted by atomic mass is 16.2. The van der Waals surface area contributed by atoms with E-state index >= 15 is 0 Å². The lowest BCUT2D eigenvalue weighted by atomic mass is 9.85. The van der Waals surface area contributed by atoms with Crippen LogP contribution in [0, 0.1) is 0 Å². The molecule has 7 heteroatoms. The smallest absolute Gasteiger partial charge is 0.322 e. The molecule has 7 nitrogen and oxygen atoms in total. The van der Waals surface area contributed by atoms with Crippen LogP contribution < -0.4 is 16.0 Å². The Labute approximate surface area is 144 Å². The van der Waals surface area contributed by atoms with Crippen LogP contribution in [0.3, 0.4) is 0 Å². The van der Waals surface area contributed by atoms with Crippen molar-refractivity contribution in [3.63, 3.8) is 0 Å². The molecule has 1 fully saturated rings. The van der Waals surface area contributed by atoms with Crippen LogP contribution >= 0.6 is 0 Å². The van der Waals surface area contributed by atoms with Crippen molar-refractivity contribution in [3.8, 4) is 0 Å². The number of hydrogen-bond donors (Lipinski definition) is 3. The maximum Gasteiger partial charge on any atom is 0.322 e. The molecular formula is C18H18N4O3. The molecule has 2 heterocycles. The Bertz CT molecular complexity index is 779. The molecule has 1 aliphatic heterocycles. The second kappa shape index (κ2) is 7.12. The highest BCUT2D eigenvalue weighted by molar-refractivity contribution is 6.07. The van der Waals surface area contributed by atoms with Crippen molar-refractivity contribution in [2.45, 2.75) is 24.9 Å². The molecule has 4 amide bonds. The lowest BCUT2D eigenvalue weighted by Gasteiger charge is -2.26. The summed E-state index contributed by atoms with van der Waals surface area (Å²) in [6, 6.07) is 13.8. The maximum absolute atomic E-state index is 12.4. The lowest BCUT2D eigenvalue weighted by Crippen LogP contribution is -2.44. The number of nitrogens with zero attached hydrogens (tertiary/aromatic N) is 1. The molecule has 1 aliphatic rings. The molecule has 3 rings (SSSR count). The number of aromatic nitrogens is 1. The Morgan fingerprint density at radius 2 is 1.84 bits per heavy atom. The van der Waals surface area contributed by atoms with Gasteiger partial charge >= 0.3 is 6.03 Å². The average molecular weight is 338 g/mol. The van der Waals surface area contributed by atoms with E-state index in [0.717, 1.165) is 5.69 Å². The first kappa shape index (κ1) is 16.6. The number of hydrogen-bond acceptors (Lipinski definition) is 4. The molecule has 1 atom stereocenters. The molecular weight excluding hydrogens is 320 g/mol. The van der Waals surface area contributed by atoms with E-state index < -0.39 is 17.5 Å². The zero-order chi connectivity index (χ0) is 17.7. The summed E-state index contributed by atoms with van der Waals surface area (Å²) in [5, 5.41) is 7.70. The molecule has 0 aliphatic carbocycles. The minimum Gasteiger partial charge on any atom is -0.350 e. The molecule has 25 heavy (non-hydrogen) atoms. The molecule has 0 radical (unpaired) electrons. The van der Waals surface area contributed by atoms with Gasteiger partial charge in [-0.25, -0.2) is 4.79 Å². The van der Waals surface area contributed by atoms with Gasteiger partial charge < -0.3 is 10.6 Å². The number of nitrogens with one attached hydrogen (secondary N) is 3. The first-order valence-corrected chi connectivity index (χ1v) is 7.96. The molecule has 3 N–H and O–H groups in total. The van der Waals surface area contributed by atoms with Gasteiger partial charge in [-0.05, 0) is 24.1 Å². The van der Waals surface area contributed by atoms with Crippen LogP contribution in [0.4, 0.5) is 4.79 Å². The minimum atomic E-state index is -1.22. The van der Waals surface area contributed by atoms with E-state index in [1.54, 1.807) is 36.5 Å². The summed E-state index contributed by atoms with van der Waals surface area (Å²) < 4.78 is 0. The van der Waals surface area contributed by atoms with Gasteiger partial charge in [-0.2, -0.15) is 0 Å². The quantitative estimate of drug-likeness (QED) is 0.689. The van der Waals surface area contributed by atoms with Gasteiger partial charge in [-0.15, -0.1) is 0 Å². The SMILES string of the molecule is O=C(CCC1(c2ccccc2)NC(=O)NC1=O)NCc1ccccn1. The maximum atomic E-state index is 12.4. The largest absolute Gasteiger partial charge is 0.350 e.